The Kier molecular flexibility index (Phi) is 4.53. The summed E-state index contributed by atoms with van der Waals surface area (Å²) in [4.78, 5) is 8.78. The molecule has 23 heavy (non-hydrogen) atoms. The van der Waals surface area contributed by atoms with E-state index in [4.69, 9.17) is 0 Å². The molecular formula is C19H22N4. The molecule has 1 unspecified atom stereocenters. The van der Waals surface area contributed by atoms with Gasteiger partial charge in [-0.2, -0.15) is 0 Å². The Labute approximate surface area is 137 Å². The molecule has 118 valence electrons. The number of benzene rings is 1. The van der Waals surface area contributed by atoms with Crippen molar-refractivity contribution >= 4 is 11.4 Å². The molecule has 1 aromatic carbocycles. The van der Waals surface area contributed by atoms with Gasteiger partial charge in [0.05, 0.1) is 11.4 Å². The van der Waals surface area contributed by atoms with Crippen LogP contribution < -0.4 is 10.6 Å². The summed E-state index contributed by atoms with van der Waals surface area (Å²) in [6.07, 6.45) is 8.35. The number of nitrogens with zero attached hydrogens (tertiary/aromatic N) is 2. The van der Waals surface area contributed by atoms with Gasteiger partial charge in [0.25, 0.3) is 0 Å². The lowest BCUT2D eigenvalue weighted by Gasteiger charge is -2.37. The third-order valence-corrected chi connectivity index (χ3v) is 3.72. The number of aliphatic imine (C=N–C) groups is 1. The van der Waals surface area contributed by atoms with Gasteiger partial charge in [-0.3, -0.25) is 15.3 Å². The maximum absolute atomic E-state index is 4.58. The summed E-state index contributed by atoms with van der Waals surface area (Å²) in [7, 11) is 0. The Hall–Kier alpha value is -2.46. The van der Waals surface area contributed by atoms with Gasteiger partial charge in [0, 0.05) is 31.1 Å². The second-order valence-electron chi connectivity index (χ2n) is 6.07. The zero-order valence-corrected chi connectivity index (χ0v) is 13.5. The van der Waals surface area contributed by atoms with E-state index in [0.29, 0.717) is 6.04 Å². The first-order valence-corrected chi connectivity index (χ1v) is 7.93. The van der Waals surface area contributed by atoms with E-state index in [1.165, 1.54) is 0 Å². The normalized spacial score (nSPS) is 20.4. The predicted octanol–water partition coefficient (Wildman–Crippen LogP) is 3.59. The predicted molar refractivity (Wildman–Crippen MR) is 95.6 cm³/mol. The fourth-order valence-electron chi connectivity index (χ4n) is 2.86. The molecule has 3 rings (SSSR count). The molecule has 1 aliphatic rings. The molecule has 0 bridgehead atoms. The zero-order chi connectivity index (χ0) is 16.1. The lowest BCUT2D eigenvalue weighted by atomic mass is 9.94. The van der Waals surface area contributed by atoms with E-state index in [2.05, 4.69) is 52.7 Å². The van der Waals surface area contributed by atoms with Gasteiger partial charge in [0.2, 0.25) is 0 Å². The third kappa shape index (κ3) is 3.85. The van der Waals surface area contributed by atoms with E-state index in [1.54, 1.807) is 6.20 Å². The maximum Gasteiger partial charge on any atom is 0.115 e. The van der Waals surface area contributed by atoms with Crippen molar-refractivity contribution in [3.05, 3.63) is 72.7 Å². The van der Waals surface area contributed by atoms with Crippen LogP contribution >= 0.6 is 0 Å². The fourth-order valence-corrected chi connectivity index (χ4v) is 2.86. The van der Waals surface area contributed by atoms with Crippen LogP contribution in [0, 0.1) is 0 Å². The van der Waals surface area contributed by atoms with Crippen molar-refractivity contribution in [2.75, 3.05) is 5.32 Å². The lowest BCUT2D eigenvalue weighted by molar-refractivity contribution is 0.415. The average Bonchev–Trinajstić information content (AvgIpc) is 2.56. The second-order valence-corrected chi connectivity index (χ2v) is 6.07. The van der Waals surface area contributed by atoms with Crippen LogP contribution in [-0.4, -0.2) is 22.4 Å². The van der Waals surface area contributed by atoms with Crippen LogP contribution in [0.5, 0.6) is 0 Å². The van der Waals surface area contributed by atoms with Gasteiger partial charge in [-0.1, -0.05) is 30.3 Å². The quantitative estimate of drug-likeness (QED) is 0.830. The number of anilines is 1. The molecule has 0 radical (unpaired) electrons. The average molecular weight is 306 g/mol. The fraction of sp³-hybridized carbons (Fsp3) is 0.263. The van der Waals surface area contributed by atoms with Crippen molar-refractivity contribution in [3.63, 3.8) is 0 Å². The summed E-state index contributed by atoms with van der Waals surface area (Å²) < 4.78 is 0. The lowest BCUT2D eigenvalue weighted by Crippen LogP contribution is -2.55. The molecule has 1 atom stereocenters. The van der Waals surface area contributed by atoms with Gasteiger partial charge in [0.1, 0.15) is 5.66 Å². The highest BCUT2D eigenvalue weighted by Crippen LogP contribution is 2.24. The van der Waals surface area contributed by atoms with Crippen LogP contribution in [0.4, 0.5) is 5.69 Å². The molecule has 0 saturated heterocycles. The van der Waals surface area contributed by atoms with E-state index in [9.17, 15) is 0 Å². The van der Waals surface area contributed by atoms with Crippen molar-refractivity contribution < 1.29 is 0 Å². The summed E-state index contributed by atoms with van der Waals surface area (Å²) >= 11 is 0. The second kappa shape index (κ2) is 6.75. The van der Waals surface area contributed by atoms with Gasteiger partial charge in [0.15, 0.2) is 0 Å². The monoisotopic (exact) mass is 306 g/mol. The van der Waals surface area contributed by atoms with Crippen molar-refractivity contribution in [2.45, 2.75) is 32.0 Å². The molecule has 2 heterocycles. The van der Waals surface area contributed by atoms with Crippen LogP contribution in [0.3, 0.4) is 0 Å². The van der Waals surface area contributed by atoms with Crippen LogP contribution in [0.25, 0.3) is 0 Å². The summed E-state index contributed by atoms with van der Waals surface area (Å²) in [5.41, 5.74) is 2.83. The number of pyridine rings is 1. The maximum atomic E-state index is 4.58. The van der Waals surface area contributed by atoms with Crippen molar-refractivity contribution in [2.24, 2.45) is 4.99 Å². The molecule has 0 saturated carbocycles. The van der Waals surface area contributed by atoms with Gasteiger partial charge in [-0.05, 0) is 37.6 Å². The van der Waals surface area contributed by atoms with Gasteiger partial charge >= 0.3 is 0 Å². The first-order chi connectivity index (χ1) is 11.2. The summed E-state index contributed by atoms with van der Waals surface area (Å²) in [6, 6.07) is 14.6. The molecule has 0 fully saturated rings. The molecular weight excluding hydrogens is 284 g/mol. The Morgan fingerprint density at radius 3 is 2.61 bits per heavy atom. The molecule has 0 aliphatic carbocycles. The minimum absolute atomic E-state index is 0.332. The van der Waals surface area contributed by atoms with Crippen LogP contribution in [0.15, 0.2) is 72.1 Å². The molecule has 2 aromatic rings. The Balaban J connectivity index is 1.88. The van der Waals surface area contributed by atoms with E-state index in [-0.39, 0.29) is 5.66 Å². The van der Waals surface area contributed by atoms with Crippen molar-refractivity contribution in [1.82, 2.24) is 10.3 Å². The topological polar surface area (TPSA) is 49.3 Å². The molecule has 1 aromatic heterocycles. The summed E-state index contributed by atoms with van der Waals surface area (Å²) in [5.74, 6) is 0. The largest absolute Gasteiger partial charge is 0.362 e. The number of hydrogen-bond acceptors (Lipinski definition) is 4. The highest BCUT2D eigenvalue weighted by Gasteiger charge is 2.32. The van der Waals surface area contributed by atoms with Crippen molar-refractivity contribution in [1.29, 1.82) is 0 Å². The first kappa shape index (κ1) is 15.4. The Morgan fingerprint density at radius 2 is 1.91 bits per heavy atom. The molecule has 0 spiro atoms. The van der Waals surface area contributed by atoms with E-state index < -0.39 is 0 Å². The van der Waals surface area contributed by atoms with E-state index in [1.807, 2.05) is 42.7 Å². The number of hydrogen-bond donors (Lipinski definition) is 2. The molecule has 4 nitrogen and oxygen atoms in total. The smallest absolute Gasteiger partial charge is 0.115 e. The molecule has 1 aliphatic heterocycles. The Bertz CT molecular complexity index is 692. The van der Waals surface area contributed by atoms with E-state index in [0.717, 1.165) is 23.4 Å². The molecule has 0 amide bonds. The third-order valence-electron chi connectivity index (χ3n) is 3.72. The Morgan fingerprint density at radius 1 is 1.09 bits per heavy atom. The zero-order valence-electron chi connectivity index (χ0n) is 13.5. The number of nitrogens with one attached hydrogen (secondary N) is 2. The highest BCUT2D eigenvalue weighted by atomic mass is 15.2. The SMILES string of the molecule is CC(C)NC1(Nc2cccnc2)C=CN=C(c2ccccc2)C1. The number of rotatable bonds is 5. The minimum Gasteiger partial charge on any atom is -0.362 e. The van der Waals surface area contributed by atoms with Gasteiger partial charge in [-0.15, -0.1) is 0 Å². The van der Waals surface area contributed by atoms with Gasteiger partial charge < -0.3 is 5.32 Å². The summed E-state index contributed by atoms with van der Waals surface area (Å²) in [5, 5.41) is 7.22. The van der Waals surface area contributed by atoms with Gasteiger partial charge in [-0.25, -0.2) is 0 Å². The first-order valence-electron chi connectivity index (χ1n) is 7.93. The van der Waals surface area contributed by atoms with Crippen molar-refractivity contribution in [3.8, 4) is 0 Å². The van der Waals surface area contributed by atoms with Crippen LogP contribution in [0.1, 0.15) is 25.8 Å². The number of aromatic nitrogens is 1. The standard InChI is InChI=1S/C19H22N4/c1-15(2)22-19(23-17-9-6-11-20-14-17)10-12-21-18(13-19)16-7-4-3-5-8-16/h3-12,14-15,22-23H,13H2,1-2H3. The molecule has 4 heteroatoms. The van der Waals surface area contributed by atoms with Crippen LogP contribution in [0.2, 0.25) is 0 Å². The summed E-state index contributed by atoms with van der Waals surface area (Å²) in [6.45, 7) is 4.29. The van der Waals surface area contributed by atoms with E-state index >= 15 is 0 Å². The minimum atomic E-state index is -0.371. The molecule has 2 N–H and O–H groups in total. The highest BCUT2D eigenvalue weighted by molar-refractivity contribution is 6.02. The van der Waals surface area contributed by atoms with Crippen LogP contribution in [-0.2, 0) is 0 Å².